The molecule has 1 aromatic carbocycles. The van der Waals surface area contributed by atoms with Gasteiger partial charge in [0.2, 0.25) is 0 Å². The third kappa shape index (κ3) is 4.45. The third-order valence-electron chi connectivity index (χ3n) is 5.90. The monoisotopic (exact) mass is 353 g/mol. The second-order valence-electron chi connectivity index (χ2n) is 7.88. The standard InChI is InChI=1S/C23H31NO2/c1-17-7-9-18(10-8-17)5-3-4-6-23(26)22-14-13-21(24(22)2)20-12-11-19(15-20)16-25/h7-10,13-14,19-20,25H,3-6,11-12,15-16H2,1-2H3/t19-,20-/m0/s1. The highest BCUT2D eigenvalue weighted by Gasteiger charge is 2.28. The Morgan fingerprint density at radius 3 is 2.58 bits per heavy atom. The molecule has 0 bridgehead atoms. The number of aliphatic hydroxyl groups excluding tert-OH is 1. The van der Waals surface area contributed by atoms with E-state index in [4.69, 9.17) is 0 Å². The Bertz CT molecular complexity index is 729. The van der Waals surface area contributed by atoms with Crippen LogP contribution in [0.4, 0.5) is 0 Å². The fraction of sp³-hybridized carbons (Fsp3) is 0.522. The summed E-state index contributed by atoms with van der Waals surface area (Å²) in [5, 5.41) is 9.35. The highest BCUT2D eigenvalue weighted by Crippen LogP contribution is 2.38. The van der Waals surface area contributed by atoms with E-state index < -0.39 is 0 Å². The molecule has 1 aliphatic carbocycles. The second-order valence-corrected chi connectivity index (χ2v) is 7.88. The summed E-state index contributed by atoms with van der Waals surface area (Å²) in [6.45, 7) is 2.39. The molecule has 1 aromatic heterocycles. The maximum absolute atomic E-state index is 12.6. The minimum Gasteiger partial charge on any atom is -0.396 e. The molecular weight excluding hydrogens is 322 g/mol. The molecule has 0 spiro atoms. The molecule has 1 fully saturated rings. The molecule has 0 amide bonds. The molecule has 0 unspecified atom stereocenters. The van der Waals surface area contributed by atoms with Gasteiger partial charge in [-0.25, -0.2) is 0 Å². The normalized spacial score (nSPS) is 19.8. The van der Waals surface area contributed by atoms with Gasteiger partial charge in [-0.1, -0.05) is 29.8 Å². The summed E-state index contributed by atoms with van der Waals surface area (Å²) in [4.78, 5) is 12.6. The zero-order valence-electron chi connectivity index (χ0n) is 16.1. The lowest BCUT2D eigenvalue weighted by molar-refractivity contribution is 0.0971. The molecule has 2 atom stereocenters. The maximum atomic E-state index is 12.6. The van der Waals surface area contributed by atoms with Crippen molar-refractivity contribution in [1.29, 1.82) is 0 Å². The number of aliphatic hydroxyl groups is 1. The van der Waals surface area contributed by atoms with Gasteiger partial charge in [-0.05, 0) is 75.0 Å². The fourth-order valence-corrected chi connectivity index (χ4v) is 4.22. The van der Waals surface area contributed by atoms with E-state index in [9.17, 15) is 9.90 Å². The first-order valence-electron chi connectivity index (χ1n) is 9.93. The number of carbonyl (C=O) groups excluding carboxylic acids is 1. The first kappa shape index (κ1) is 18.9. The van der Waals surface area contributed by atoms with Crippen LogP contribution in [0.1, 0.15) is 71.8 Å². The number of rotatable bonds is 8. The summed E-state index contributed by atoms with van der Waals surface area (Å²) < 4.78 is 2.09. The quantitative estimate of drug-likeness (QED) is 0.547. The van der Waals surface area contributed by atoms with Crippen molar-refractivity contribution in [2.75, 3.05) is 6.61 Å². The molecule has 140 valence electrons. The number of aromatic nitrogens is 1. The van der Waals surface area contributed by atoms with Crippen molar-refractivity contribution in [3.05, 3.63) is 58.9 Å². The van der Waals surface area contributed by atoms with E-state index in [1.165, 1.54) is 16.8 Å². The predicted molar refractivity (Wildman–Crippen MR) is 106 cm³/mol. The first-order chi connectivity index (χ1) is 12.6. The van der Waals surface area contributed by atoms with Gasteiger partial charge in [0.1, 0.15) is 0 Å². The Morgan fingerprint density at radius 1 is 1.12 bits per heavy atom. The predicted octanol–water partition coefficient (Wildman–Crippen LogP) is 4.81. The maximum Gasteiger partial charge on any atom is 0.179 e. The molecule has 0 aliphatic heterocycles. The van der Waals surface area contributed by atoms with Gasteiger partial charge in [0.15, 0.2) is 5.78 Å². The zero-order valence-corrected chi connectivity index (χ0v) is 16.1. The molecule has 0 radical (unpaired) electrons. The summed E-state index contributed by atoms with van der Waals surface area (Å²) in [5.74, 6) is 1.16. The fourth-order valence-electron chi connectivity index (χ4n) is 4.22. The number of nitrogens with zero attached hydrogens (tertiary/aromatic N) is 1. The Labute approximate surface area is 157 Å². The van der Waals surface area contributed by atoms with Gasteiger partial charge in [-0.2, -0.15) is 0 Å². The lowest BCUT2D eigenvalue weighted by atomic mass is 10.0. The first-order valence-corrected chi connectivity index (χ1v) is 9.93. The van der Waals surface area contributed by atoms with Gasteiger partial charge < -0.3 is 9.67 Å². The zero-order chi connectivity index (χ0) is 18.5. The largest absolute Gasteiger partial charge is 0.396 e. The lowest BCUT2D eigenvalue weighted by Gasteiger charge is -2.13. The lowest BCUT2D eigenvalue weighted by Crippen LogP contribution is -2.10. The molecule has 26 heavy (non-hydrogen) atoms. The van der Waals surface area contributed by atoms with Crippen LogP contribution in [0.15, 0.2) is 36.4 Å². The van der Waals surface area contributed by atoms with Crippen molar-refractivity contribution < 1.29 is 9.90 Å². The molecule has 1 heterocycles. The molecule has 1 N–H and O–H groups in total. The van der Waals surface area contributed by atoms with Crippen LogP contribution in [0, 0.1) is 12.8 Å². The van der Waals surface area contributed by atoms with Crippen LogP contribution in [0.5, 0.6) is 0 Å². The minimum absolute atomic E-state index is 0.249. The molecule has 2 aromatic rings. The van der Waals surface area contributed by atoms with Crippen LogP contribution < -0.4 is 0 Å². The third-order valence-corrected chi connectivity index (χ3v) is 5.90. The Balaban J connectivity index is 1.50. The van der Waals surface area contributed by atoms with Crippen LogP contribution in [-0.2, 0) is 13.5 Å². The Hall–Kier alpha value is -1.87. The van der Waals surface area contributed by atoms with Crippen molar-refractivity contribution in [3.8, 4) is 0 Å². The van der Waals surface area contributed by atoms with Crippen molar-refractivity contribution in [1.82, 2.24) is 4.57 Å². The SMILES string of the molecule is Cc1ccc(CCCCC(=O)c2ccc([C@H]3CC[C@H](CO)C3)n2C)cc1. The van der Waals surface area contributed by atoms with Crippen molar-refractivity contribution in [3.63, 3.8) is 0 Å². The summed E-state index contributed by atoms with van der Waals surface area (Å²) in [5.41, 5.74) is 4.73. The summed E-state index contributed by atoms with van der Waals surface area (Å²) in [6.07, 6.45) is 6.89. The molecule has 1 aliphatic rings. The van der Waals surface area contributed by atoms with Gasteiger partial charge in [0.25, 0.3) is 0 Å². The van der Waals surface area contributed by atoms with Gasteiger partial charge in [0, 0.05) is 25.8 Å². The van der Waals surface area contributed by atoms with E-state index >= 15 is 0 Å². The van der Waals surface area contributed by atoms with E-state index in [1.807, 2.05) is 13.1 Å². The number of ketones is 1. The molecule has 0 saturated heterocycles. The number of hydrogen-bond acceptors (Lipinski definition) is 2. The van der Waals surface area contributed by atoms with Crippen LogP contribution in [0.3, 0.4) is 0 Å². The van der Waals surface area contributed by atoms with Gasteiger partial charge >= 0.3 is 0 Å². The molecular formula is C23H31NO2. The van der Waals surface area contributed by atoms with E-state index in [-0.39, 0.29) is 12.4 Å². The average Bonchev–Trinajstić information content (AvgIpc) is 3.26. The van der Waals surface area contributed by atoms with E-state index in [0.717, 1.165) is 44.2 Å². The topological polar surface area (TPSA) is 42.2 Å². The van der Waals surface area contributed by atoms with E-state index in [0.29, 0.717) is 18.3 Å². The second kappa shape index (κ2) is 8.68. The van der Waals surface area contributed by atoms with Gasteiger partial charge in [-0.3, -0.25) is 4.79 Å². The van der Waals surface area contributed by atoms with Crippen LogP contribution in [0.25, 0.3) is 0 Å². The number of Topliss-reactive ketones (excluding diaryl/α,β-unsaturated/α-hetero) is 1. The van der Waals surface area contributed by atoms with Crippen molar-refractivity contribution in [2.45, 2.75) is 57.8 Å². The summed E-state index contributed by atoms with van der Waals surface area (Å²) >= 11 is 0. The smallest absolute Gasteiger partial charge is 0.179 e. The molecule has 1 saturated carbocycles. The highest BCUT2D eigenvalue weighted by atomic mass is 16.3. The van der Waals surface area contributed by atoms with Crippen LogP contribution in [-0.4, -0.2) is 22.1 Å². The summed E-state index contributed by atoms with van der Waals surface area (Å²) in [6, 6.07) is 12.8. The number of unbranched alkanes of at least 4 members (excludes halogenated alkanes) is 1. The summed E-state index contributed by atoms with van der Waals surface area (Å²) in [7, 11) is 2.02. The molecule has 3 rings (SSSR count). The van der Waals surface area contributed by atoms with Crippen molar-refractivity contribution >= 4 is 5.78 Å². The number of benzene rings is 1. The Morgan fingerprint density at radius 2 is 1.88 bits per heavy atom. The number of aryl methyl sites for hydroxylation is 2. The average molecular weight is 354 g/mol. The van der Waals surface area contributed by atoms with E-state index in [2.05, 4.69) is 41.8 Å². The molecule has 3 nitrogen and oxygen atoms in total. The van der Waals surface area contributed by atoms with Crippen molar-refractivity contribution in [2.24, 2.45) is 13.0 Å². The van der Waals surface area contributed by atoms with Crippen LogP contribution >= 0.6 is 0 Å². The van der Waals surface area contributed by atoms with E-state index in [1.54, 1.807) is 0 Å². The minimum atomic E-state index is 0.249. The van der Waals surface area contributed by atoms with Gasteiger partial charge in [-0.15, -0.1) is 0 Å². The number of carbonyl (C=O) groups is 1. The number of hydrogen-bond donors (Lipinski definition) is 1. The Kier molecular flexibility index (Phi) is 6.31. The van der Waals surface area contributed by atoms with Gasteiger partial charge in [0.05, 0.1) is 5.69 Å². The highest BCUT2D eigenvalue weighted by molar-refractivity contribution is 5.94. The molecule has 3 heteroatoms. The van der Waals surface area contributed by atoms with Crippen LogP contribution in [0.2, 0.25) is 0 Å².